The lowest BCUT2D eigenvalue weighted by Crippen LogP contribution is -2.45. The summed E-state index contributed by atoms with van der Waals surface area (Å²) in [7, 11) is 3.27. The van der Waals surface area contributed by atoms with Gasteiger partial charge in [-0.1, -0.05) is 24.3 Å². The van der Waals surface area contributed by atoms with Crippen LogP contribution in [-0.2, 0) is 19.5 Å². The molecule has 0 amide bonds. The molecule has 0 saturated carbocycles. The van der Waals surface area contributed by atoms with Gasteiger partial charge in [-0.2, -0.15) is 0 Å². The molecule has 168 valence electrons. The summed E-state index contributed by atoms with van der Waals surface area (Å²) in [5, 5.41) is 17.1. The SMILES string of the molecule is CCNC(=NCc1ccc(OC)cc1OC)NCC(O)CN1CCc2ccccc2C1. The van der Waals surface area contributed by atoms with Crippen molar-refractivity contribution in [2.75, 3.05) is 40.4 Å². The van der Waals surface area contributed by atoms with Gasteiger partial charge in [-0.25, -0.2) is 4.99 Å². The quantitative estimate of drug-likeness (QED) is 0.421. The van der Waals surface area contributed by atoms with E-state index in [9.17, 15) is 5.11 Å². The molecule has 1 unspecified atom stereocenters. The van der Waals surface area contributed by atoms with E-state index in [1.165, 1.54) is 11.1 Å². The van der Waals surface area contributed by atoms with Gasteiger partial charge in [0.05, 0.1) is 26.9 Å². The number of benzene rings is 2. The van der Waals surface area contributed by atoms with Crippen molar-refractivity contribution in [2.45, 2.75) is 32.5 Å². The maximum Gasteiger partial charge on any atom is 0.191 e. The van der Waals surface area contributed by atoms with E-state index in [0.717, 1.165) is 43.1 Å². The van der Waals surface area contributed by atoms with E-state index in [0.29, 0.717) is 25.6 Å². The van der Waals surface area contributed by atoms with Gasteiger partial charge in [0.2, 0.25) is 0 Å². The number of aliphatic imine (C=N–C) groups is 1. The average Bonchev–Trinajstić information content (AvgIpc) is 2.80. The second-order valence-electron chi connectivity index (χ2n) is 7.66. The zero-order chi connectivity index (χ0) is 22.1. The number of nitrogens with one attached hydrogen (secondary N) is 2. The first-order valence-electron chi connectivity index (χ1n) is 10.8. The Labute approximate surface area is 185 Å². The Hall–Kier alpha value is -2.77. The van der Waals surface area contributed by atoms with E-state index in [-0.39, 0.29) is 0 Å². The largest absolute Gasteiger partial charge is 0.497 e. The van der Waals surface area contributed by atoms with E-state index in [2.05, 4.69) is 44.8 Å². The van der Waals surface area contributed by atoms with Gasteiger partial charge in [0.1, 0.15) is 11.5 Å². The van der Waals surface area contributed by atoms with Gasteiger partial charge in [-0.3, -0.25) is 4.90 Å². The fourth-order valence-corrected chi connectivity index (χ4v) is 3.78. The van der Waals surface area contributed by atoms with Crippen LogP contribution in [0.15, 0.2) is 47.5 Å². The van der Waals surface area contributed by atoms with Crippen LogP contribution in [0.1, 0.15) is 23.6 Å². The molecular weight excluding hydrogens is 392 g/mol. The Balaban J connectivity index is 1.53. The van der Waals surface area contributed by atoms with E-state index >= 15 is 0 Å². The molecule has 7 nitrogen and oxygen atoms in total. The maximum absolute atomic E-state index is 10.6. The van der Waals surface area contributed by atoms with Gasteiger partial charge in [0.15, 0.2) is 5.96 Å². The summed E-state index contributed by atoms with van der Waals surface area (Å²) in [6.45, 7) is 6.15. The van der Waals surface area contributed by atoms with Crippen molar-refractivity contribution < 1.29 is 14.6 Å². The molecule has 0 bridgehead atoms. The first kappa shape index (κ1) is 22.9. The molecule has 0 radical (unpaired) electrons. The molecule has 1 aliphatic rings. The highest BCUT2D eigenvalue weighted by Gasteiger charge is 2.18. The van der Waals surface area contributed by atoms with Gasteiger partial charge < -0.3 is 25.2 Å². The number of aliphatic hydroxyl groups excluding tert-OH is 1. The molecule has 0 fully saturated rings. The van der Waals surface area contributed by atoms with Crippen molar-refractivity contribution in [3.05, 3.63) is 59.2 Å². The number of aliphatic hydroxyl groups is 1. The number of ether oxygens (including phenoxy) is 2. The number of guanidine groups is 1. The summed E-state index contributed by atoms with van der Waals surface area (Å²) < 4.78 is 10.7. The van der Waals surface area contributed by atoms with Gasteiger partial charge >= 0.3 is 0 Å². The van der Waals surface area contributed by atoms with Crippen LogP contribution in [0.3, 0.4) is 0 Å². The van der Waals surface area contributed by atoms with Crippen LogP contribution in [0.5, 0.6) is 11.5 Å². The van der Waals surface area contributed by atoms with Crippen molar-refractivity contribution in [2.24, 2.45) is 4.99 Å². The Bertz CT molecular complexity index is 872. The van der Waals surface area contributed by atoms with Crippen LogP contribution in [0, 0.1) is 0 Å². The number of methoxy groups -OCH3 is 2. The predicted molar refractivity (Wildman–Crippen MR) is 124 cm³/mol. The second kappa shape index (κ2) is 11.6. The zero-order valence-electron chi connectivity index (χ0n) is 18.7. The number of hydrogen-bond donors (Lipinski definition) is 3. The second-order valence-corrected chi connectivity index (χ2v) is 7.66. The molecule has 1 atom stereocenters. The van der Waals surface area contributed by atoms with Crippen molar-refractivity contribution >= 4 is 5.96 Å². The maximum atomic E-state index is 10.6. The summed E-state index contributed by atoms with van der Waals surface area (Å²) in [5.41, 5.74) is 3.74. The molecule has 3 rings (SSSR count). The van der Waals surface area contributed by atoms with Crippen LogP contribution < -0.4 is 20.1 Å². The summed E-state index contributed by atoms with van der Waals surface area (Å²) >= 11 is 0. The molecule has 3 N–H and O–H groups in total. The fourth-order valence-electron chi connectivity index (χ4n) is 3.78. The van der Waals surface area contributed by atoms with E-state index < -0.39 is 6.10 Å². The number of fused-ring (bicyclic) bond motifs is 1. The van der Waals surface area contributed by atoms with Crippen LogP contribution in [0.4, 0.5) is 0 Å². The average molecular weight is 427 g/mol. The monoisotopic (exact) mass is 426 g/mol. The lowest BCUT2D eigenvalue weighted by Gasteiger charge is -2.30. The molecule has 0 aromatic heterocycles. The Morgan fingerprint density at radius 2 is 1.94 bits per heavy atom. The van der Waals surface area contributed by atoms with Crippen molar-refractivity contribution in [1.82, 2.24) is 15.5 Å². The normalized spacial score (nSPS) is 15.2. The van der Waals surface area contributed by atoms with Crippen molar-refractivity contribution in [1.29, 1.82) is 0 Å². The highest BCUT2D eigenvalue weighted by Crippen LogP contribution is 2.25. The van der Waals surface area contributed by atoms with Gasteiger partial charge in [-0.05, 0) is 36.6 Å². The Morgan fingerprint density at radius 1 is 1.13 bits per heavy atom. The van der Waals surface area contributed by atoms with Crippen LogP contribution in [-0.4, -0.2) is 62.5 Å². The smallest absolute Gasteiger partial charge is 0.191 e. The standard InChI is InChI=1S/C24H34N4O3/c1-4-25-24(26-14-19-9-10-22(30-2)13-23(19)31-3)27-15-21(29)17-28-12-11-18-7-5-6-8-20(18)16-28/h5-10,13,21,29H,4,11-12,14-17H2,1-3H3,(H2,25,26,27). The van der Waals surface area contributed by atoms with Gasteiger partial charge in [0.25, 0.3) is 0 Å². The molecule has 1 heterocycles. The van der Waals surface area contributed by atoms with Crippen molar-refractivity contribution in [3.63, 3.8) is 0 Å². The number of β-amino-alcohol motifs (C(OH)–C–C–N with tert-alkyl or cyclic N) is 1. The van der Waals surface area contributed by atoms with Crippen LogP contribution >= 0.6 is 0 Å². The Kier molecular flexibility index (Phi) is 8.55. The minimum absolute atomic E-state index is 0.434. The Morgan fingerprint density at radius 3 is 2.68 bits per heavy atom. The number of rotatable bonds is 9. The molecule has 2 aromatic carbocycles. The number of nitrogens with zero attached hydrogens (tertiary/aromatic N) is 2. The minimum atomic E-state index is -0.482. The fraction of sp³-hybridized carbons (Fsp3) is 0.458. The van der Waals surface area contributed by atoms with Crippen LogP contribution in [0.25, 0.3) is 0 Å². The molecule has 1 aliphatic heterocycles. The minimum Gasteiger partial charge on any atom is -0.497 e. The molecule has 0 spiro atoms. The van der Waals surface area contributed by atoms with Crippen LogP contribution in [0.2, 0.25) is 0 Å². The zero-order valence-corrected chi connectivity index (χ0v) is 18.7. The van der Waals surface area contributed by atoms with Gasteiger partial charge in [0, 0.05) is 44.4 Å². The van der Waals surface area contributed by atoms with E-state index in [4.69, 9.17) is 9.47 Å². The van der Waals surface area contributed by atoms with E-state index in [1.54, 1.807) is 14.2 Å². The molecule has 0 saturated heterocycles. The van der Waals surface area contributed by atoms with Gasteiger partial charge in [-0.15, -0.1) is 0 Å². The first-order valence-corrected chi connectivity index (χ1v) is 10.8. The lowest BCUT2D eigenvalue weighted by molar-refractivity contribution is 0.108. The summed E-state index contributed by atoms with van der Waals surface area (Å²) in [6.07, 6.45) is 0.550. The first-order chi connectivity index (χ1) is 15.1. The lowest BCUT2D eigenvalue weighted by atomic mass is 10.00. The molecule has 2 aromatic rings. The summed E-state index contributed by atoms with van der Waals surface area (Å²) in [4.78, 5) is 6.95. The topological polar surface area (TPSA) is 78.4 Å². The molecular formula is C24H34N4O3. The molecule has 7 heteroatoms. The summed E-state index contributed by atoms with van der Waals surface area (Å²) in [6, 6.07) is 14.2. The van der Waals surface area contributed by atoms with E-state index in [1.807, 2.05) is 25.1 Å². The predicted octanol–water partition coefficient (Wildman–Crippen LogP) is 2.18. The number of hydrogen-bond acceptors (Lipinski definition) is 5. The highest BCUT2D eigenvalue weighted by atomic mass is 16.5. The third-order valence-electron chi connectivity index (χ3n) is 5.43. The highest BCUT2D eigenvalue weighted by molar-refractivity contribution is 5.79. The molecule has 0 aliphatic carbocycles. The third kappa shape index (κ3) is 6.60. The summed E-state index contributed by atoms with van der Waals surface area (Å²) in [5.74, 6) is 2.16. The molecule has 31 heavy (non-hydrogen) atoms. The third-order valence-corrected chi connectivity index (χ3v) is 5.43. The van der Waals surface area contributed by atoms with Crippen molar-refractivity contribution in [3.8, 4) is 11.5 Å².